The highest BCUT2D eigenvalue weighted by atomic mass is 35.5. The van der Waals surface area contributed by atoms with Crippen LogP contribution in [0.2, 0.25) is 5.02 Å². The fraction of sp³-hybridized carbons (Fsp3) is 0.0500. The predicted molar refractivity (Wildman–Crippen MR) is 103 cm³/mol. The number of phenols is 1. The van der Waals surface area contributed by atoms with Gasteiger partial charge >= 0.3 is 0 Å². The average molecular weight is 366 g/mol. The lowest BCUT2D eigenvalue weighted by Gasteiger charge is -2.07. The molecule has 0 spiro atoms. The van der Waals surface area contributed by atoms with E-state index in [1.807, 2.05) is 12.1 Å². The van der Waals surface area contributed by atoms with Crippen molar-refractivity contribution in [2.45, 2.75) is 6.92 Å². The molecule has 0 bridgehead atoms. The second-order valence-corrected chi connectivity index (χ2v) is 6.06. The summed E-state index contributed by atoms with van der Waals surface area (Å²) in [7, 11) is 0. The van der Waals surface area contributed by atoms with Crippen LogP contribution in [0.4, 0.5) is 0 Å². The molecule has 0 aliphatic carbocycles. The fourth-order valence-corrected chi connectivity index (χ4v) is 2.49. The SMILES string of the molecule is Cc1nc(-c2ccc(Cl)cc2)ccc1C(=O)N/N=C/c1ccc(O)cc1. The summed E-state index contributed by atoms with van der Waals surface area (Å²) in [6.07, 6.45) is 1.50. The minimum absolute atomic E-state index is 0.175. The van der Waals surface area contributed by atoms with E-state index in [4.69, 9.17) is 11.6 Å². The number of benzene rings is 2. The molecule has 0 aliphatic heterocycles. The second kappa shape index (κ2) is 7.80. The molecule has 0 atom stereocenters. The maximum Gasteiger partial charge on any atom is 0.273 e. The van der Waals surface area contributed by atoms with Crippen LogP contribution in [0.15, 0.2) is 65.8 Å². The number of halogens is 1. The number of pyridine rings is 1. The Morgan fingerprint density at radius 3 is 2.42 bits per heavy atom. The molecule has 3 aromatic rings. The quantitative estimate of drug-likeness (QED) is 0.538. The van der Waals surface area contributed by atoms with Gasteiger partial charge in [0.15, 0.2) is 0 Å². The van der Waals surface area contributed by atoms with Gasteiger partial charge in [-0.15, -0.1) is 0 Å². The van der Waals surface area contributed by atoms with E-state index in [1.165, 1.54) is 6.21 Å². The number of amides is 1. The van der Waals surface area contributed by atoms with Crippen LogP contribution in [0, 0.1) is 6.92 Å². The number of aryl methyl sites for hydroxylation is 1. The monoisotopic (exact) mass is 365 g/mol. The van der Waals surface area contributed by atoms with E-state index in [-0.39, 0.29) is 11.7 Å². The molecular weight excluding hydrogens is 350 g/mol. The van der Waals surface area contributed by atoms with E-state index in [0.717, 1.165) is 16.8 Å². The van der Waals surface area contributed by atoms with Gasteiger partial charge in [-0.25, -0.2) is 5.43 Å². The molecule has 6 heteroatoms. The van der Waals surface area contributed by atoms with Crippen LogP contribution < -0.4 is 5.43 Å². The van der Waals surface area contributed by atoms with Crippen molar-refractivity contribution >= 4 is 23.7 Å². The second-order valence-electron chi connectivity index (χ2n) is 5.63. The molecule has 2 aromatic carbocycles. The Labute approximate surface area is 156 Å². The van der Waals surface area contributed by atoms with Gasteiger partial charge in [0.25, 0.3) is 5.91 Å². The van der Waals surface area contributed by atoms with E-state index in [9.17, 15) is 9.90 Å². The van der Waals surface area contributed by atoms with Crippen molar-refractivity contribution in [1.82, 2.24) is 10.4 Å². The predicted octanol–water partition coefficient (Wildman–Crippen LogP) is 4.18. The molecule has 26 heavy (non-hydrogen) atoms. The van der Waals surface area contributed by atoms with E-state index in [2.05, 4.69) is 15.5 Å². The molecule has 1 amide bonds. The van der Waals surface area contributed by atoms with Gasteiger partial charge in [0, 0.05) is 10.6 Å². The van der Waals surface area contributed by atoms with Crippen molar-refractivity contribution in [1.29, 1.82) is 0 Å². The van der Waals surface area contributed by atoms with E-state index in [1.54, 1.807) is 55.5 Å². The van der Waals surface area contributed by atoms with Crippen molar-refractivity contribution in [3.63, 3.8) is 0 Å². The Morgan fingerprint density at radius 2 is 1.77 bits per heavy atom. The van der Waals surface area contributed by atoms with Gasteiger partial charge in [0.2, 0.25) is 0 Å². The summed E-state index contributed by atoms with van der Waals surface area (Å²) in [6.45, 7) is 1.78. The number of phenolic OH excluding ortho intramolecular Hbond substituents is 1. The van der Waals surface area contributed by atoms with Gasteiger partial charge in [-0.3, -0.25) is 9.78 Å². The number of hydrogen-bond donors (Lipinski definition) is 2. The number of hydrazone groups is 1. The number of aromatic nitrogens is 1. The number of carbonyl (C=O) groups is 1. The lowest BCUT2D eigenvalue weighted by atomic mass is 10.1. The summed E-state index contributed by atoms with van der Waals surface area (Å²) < 4.78 is 0. The third-order valence-electron chi connectivity index (χ3n) is 3.74. The molecule has 3 rings (SSSR count). The molecule has 0 unspecified atom stereocenters. The zero-order chi connectivity index (χ0) is 18.5. The summed E-state index contributed by atoms with van der Waals surface area (Å²) in [5.74, 6) is -0.165. The molecule has 0 saturated carbocycles. The molecule has 1 heterocycles. The fourth-order valence-electron chi connectivity index (χ4n) is 2.37. The first-order valence-corrected chi connectivity index (χ1v) is 8.27. The van der Waals surface area contributed by atoms with Crippen LogP contribution in [0.25, 0.3) is 11.3 Å². The molecule has 0 saturated heterocycles. The lowest BCUT2D eigenvalue weighted by molar-refractivity contribution is 0.0954. The van der Waals surface area contributed by atoms with Crippen LogP contribution in [-0.4, -0.2) is 22.2 Å². The van der Waals surface area contributed by atoms with E-state index >= 15 is 0 Å². The summed E-state index contributed by atoms with van der Waals surface area (Å²) in [4.78, 5) is 16.8. The first kappa shape index (κ1) is 17.6. The Morgan fingerprint density at radius 1 is 1.08 bits per heavy atom. The molecule has 1 aromatic heterocycles. The maximum atomic E-state index is 12.3. The standard InChI is InChI=1S/C20H16ClN3O2/c1-13-18(10-11-19(23-13)15-4-6-16(21)7-5-15)20(26)24-22-12-14-2-8-17(25)9-3-14/h2-12,25H,1H3,(H,24,26)/b22-12+. The molecular formula is C20H16ClN3O2. The Hall–Kier alpha value is -3.18. The largest absolute Gasteiger partial charge is 0.508 e. The minimum Gasteiger partial charge on any atom is -0.508 e. The summed E-state index contributed by atoms with van der Waals surface area (Å²) >= 11 is 5.90. The molecule has 0 aliphatic rings. The highest BCUT2D eigenvalue weighted by molar-refractivity contribution is 6.30. The van der Waals surface area contributed by atoms with Crippen LogP contribution in [0.3, 0.4) is 0 Å². The normalized spacial score (nSPS) is 10.8. The smallest absolute Gasteiger partial charge is 0.273 e. The Kier molecular flexibility index (Phi) is 5.29. The van der Waals surface area contributed by atoms with E-state index < -0.39 is 0 Å². The van der Waals surface area contributed by atoms with Gasteiger partial charge in [-0.2, -0.15) is 5.10 Å². The maximum absolute atomic E-state index is 12.3. The number of aromatic hydroxyl groups is 1. The Bertz CT molecular complexity index is 952. The van der Waals surface area contributed by atoms with Crippen molar-refractivity contribution in [3.8, 4) is 17.0 Å². The van der Waals surface area contributed by atoms with Crippen LogP contribution >= 0.6 is 11.6 Å². The van der Waals surface area contributed by atoms with Crippen LogP contribution in [0.1, 0.15) is 21.6 Å². The van der Waals surface area contributed by atoms with Crippen LogP contribution in [-0.2, 0) is 0 Å². The molecule has 0 radical (unpaired) electrons. The third-order valence-corrected chi connectivity index (χ3v) is 4.00. The highest BCUT2D eigenvalue weighted by Crippen LogP contribution is 2.21. The molecule has 2 N–H and O–H groups in total. The zero-order valence-corrected chi connectivity index (χ0v) is 14.7. The van der Waals surface area contributed by atoms with Crippen molar-refractivity contribution in [3.05, 3.63) is 82.5 Å². The van der Waals surface area contributed by atoms with Gasteiger partial charge in [-0.1, -0.05) is 23.7 Å². The number of nitrogens with zero attached hydrogens (tertiary/aromatic N) is 2. The molecule has 0 fully saturated rings. The topological polar surface area (TPSA) is 74.6 Å². The first-order chi connectivity index (χ1) is 12.5. The number of carbonyl (C=O) groups excluding carboxylic acids is 1. The van der Waals surface area contributed by atoms with Crippen molar-refractivity contribution < 1.29 is 9.90 Å². The lowest BCUT2D eigenvalue weighted by Crippen LogP contribution is -2.19. The minimum atomic E-state index is -0.340. The van der Waals surface area contributed by atoms with Gasteiger partial charge in [0.1, 0.15) is 5.75 Å². The first-order valence-electron chi connectivity index (χ1n) is 7.89. The average Bonchev–Trinajstić information content (AvgIpc) is 2.64. The summed E-state index contributed by atoms with van der Waals surface area (Å²) in [6, 6.07) is 17.3. The van der Waals surface area contributed by atoms with Crippen molar-refractivity contribution in [2.75, 3.05) is 0 Å². The molecule has 130 valence electrons. The van der Waals surface area contributed by atoms with Gasteiger partial charge in [-0.05, 0) is 61.0 Å². The number of hydrogen-bond acceptors (Lipinski definition) is 4. The van der Waals surface area contributed by atoms with Crippen molar-refractivity contribution in [2.24, 2.45) is 5.10 Å². The third kappa shape index (κ3) is 4.26. The number of rotatable bonds is 4. The molecule has 5 nitrogen and oxygen atoms in total. The Balaban J connectivity index is 1.71. The van der Waals surface area contributed by atoms with Gasteiger partial charge < -0.3 is 5.11 Å². The zero-order valence-electron chi connectivity index (χ0n) is 14.0. The number of nitrogens with one attached hydrogen (secondary N) is 1. The summed E-state index contributed by atoms with van der Waals surface area (Å²) in [5, 5.41) is 13.8. The highest BCUT2D eigenvalue weighted by Gasteiger charge is 2.10. The van der Waals surface area contributed by atoms with Gasteiger partial charge in [0.05, 0.1) is 23.2 Å². The van der Waals surface area contributed by atoms with E-state index in [0.29, 0.717) is 16.3 Å². The van der Waals surface area contributed by atoms with Crippen LogP contribution in [0.5, 0.6) is 5.75 Å². The summed E-state index contributed by atoms with van der Waals surface area (Å²) in [5.41, 5.74) is 5.99.